The number of H-pyrrole nitrogens is 1. The van der Waals surface area contributed by atoms with E-state index in [4.69, 9.17) is 11.6 Å². The third-order valence-corrected chi connectivity index (χ3v) is 3.96. The Hall–Kier alpha value is -2.66. The van der Waals surface area contributed by atoms with Crippen molar-refractivity contribution in [3.05, 3.63) is 76.7 Å². The number of carbonyl (C=O) groups is 1. The second-order valence-electron chi connectivity index (χ2n) is 5.39. The van der Waals surface area contributed by atoms with E-state index in [1.165, 1.54) is 12.3 Å². The molecule has 6 heteroatoms. The van der Waals surface area contributed by atoms with Gasteiger partial charge in [0.25, 0.3) is 5.91 Å². The van der Waals surface area contributed by atoms with Crippen molar-refractivity contribution in [2.45, 2.75) is 13.0 Å². The van der Waals surface area contributed by atoms with Crippen LogP contribution < -0.4 is 5.32 Å². The van der Waals surface area contributed by atoms with Gasteiger partial charge in [-0.25, -0.2) is 4.39 Å². The summed E-state index contributed by atoms with van der Waals surface area (Å²) in [7, 11) is 0. The molecule has 1 amide bonds. The molecule has 1 heterocycles. The lowest BCUT2D eigenvalue weighted by atomic mass is 10.1. The average molecular weight is 344 g/mol. The molecular formula is C18H15ClFN3O. The third-order valence-electron chi connectivity index (χ3n) is 3.72. The highest BCUT2D eigenvalue weighted by Gasteiger charge is 2.19. The molecule has 122 valence electrons. The summed E-state index contributed by atoms with van der Waals surface area (Å²) in [5, 5.41) is 10.1. The van der Waals surface area contributed by atoms with Crippen molar-refractivity contribution in [3.63, 3.8) is 0 Å². The molecule has 4 nitrogen and oxygen atoms in total. The molecule has 0 aliphatic heterocycles. The number of halogens is 2. The number of amides is 1. The molecule has 0 saturated heterocycles. The van der Waals surface area contributed by atoms with E-state index in [0.29, 0.717) is 16.3 Å². The predicted molar refractivity (Wildman–Crippen MR) is 91.3 cm³/mol. The molecule has 0 saturated carbocycles. The van der Waals surface area contributed by atoms with Gasteiger partial charge in [-0.3, -0.25) is 9.89 Å². The predicted octanol–water partition coefficient (Wildman–Crippen LogP) is 4.36. The maximum absolute atomic E-state index is 14.0. The van der Waals surface area contributed by atoms with Crippen LogP contribution in [0.1, 0.15) is 28.9 Å². The van der Waals surface area contributed by atoms with E-state index in [2.05, 4.69) is 15.5 Å². The minimum atomic E-state index is -0.418. The number of benzene rings is 2. The van der Waals surface area contributed by atoms with Crippen molar-refractivity contribution < 1.29 is 9.18 Å². The summed E-state index contributed by atoms with van der Waals surface area (Å²) in [4.78, 5) is 12.6. The van der Waals surface area contributed by atoms with Gasteiger partial charge in [0.05, 0.1) is 23.5 Å². The van der Waals surface area contributed by atoms with Gasteiger partial charge in [0.2, 0.25) is 0 Å². The van der Waals surface area contributed by atoms with Crippen LogP contribution in [0.15, 0.2) is 54.7 Å². The first-order valence-electron chi connectivity index (χ1n) is 7.41. The lowest BCUT2D eigenvalue weighted by Gasteiger charge is -2.14. The number of nitrogens with zero attached hydrogens (tertiary/aromatic N) is 1. The highest BCUT2D eigenvalue weighted by Crippen LogP contribution is 2.25. The number of carbonyl (C=O) groups excluding carboxylic acids is 1. The Bertz CT molecular complexity index is 878. The Labute approximate surface area is 143 Å². The van der Waals surface area contributed by atoms with Crippen molar-refractivity contribution in [2.75, 3.05) is 0 Å². The van der Waals surface area contributed by atoms with Crippen molar-refractivity contribution in [1.82, 2.24) is 15.5 Å². The fourth-order valence-corrected chi connectivity index (χ4v) is 2.66. The summed E-state index contributed by atoms with van der Waals surface area (Å²) in [6.07, 6.45) is 1.39. The molecule has 1 atom stereocenters. The van der Waals surface area contributed by atoms with Gasteiger partial charge in [-0.2, -0.15) is 5.10 Å². The number of aromatic amines is 1. The Kier molecular flexibility index (Phi) is 4.62. The average Bonchev–Trinajstić information content (AvgIpc) is 3.04. The molecule has 1 unspecified atom stereocenters. The molecule has 3 rings (SSSR count). The molecule has 0 aliphatic carbocycles. The van der Waals surface area contributed by atoms with Gasteiger partial charge in [0.1, 0.15) is 5.82 Å². The number of hydrogen-bond donors (Lipinski definition) is 2. The van der Waals surface area contributed by atoms with E-state index in [-0.39, 0.29) is 17.5 Å². The summed E-state index contributed by atoms with van der Waals surface area (Å²) in [5.41, 5.74) is 1.82. The van der Waals surface area contributed by atoms with Crippen LogP contribution in [0.5, 0.6) is 0 Å². The zero-order valence-corrected chi connectivity index (χ0v) is 13.6. The SMILES string of the molecule is CC(NC(=O)c1cn[nH]c1-c1ccccc1F)c1cccc(Cl)c1. The van der Waals surface area contributed by atoms with E-state index in [1.807, 2.05) is 19.1 Å². The summed E-state index contributed by atoms with van der Waals surface area (Å²) >= 11 is 5.98. The van der Waals surface area contributed by atoms with Crippen LogP contribution in [0.2, 0.25) is 5.02 Å². The van der Waals surface area contributed by atoms with Crippen LogP contribution in [0.4, 0.5) is 4.39 Å². The second-order valence-corrected chi connectivity index (χ2v) is 5.83. The van der Waals surface area contributed by atoms with Gasteiger partial charge in [-0.15, -0.1) is 0 Å². The minimum absolute atomic E-state index is 0.250. The molecule has 0 fully saturated rings. The first-order valence-corrected chi connectivity index (χ1v) is 7.78. The topological polar surface area (TPSA) is 57.8 Å². The highest BCUT2D eigenvalue weighted by molar-refractivity contribution is 6.30. The summed E-state index contributed by atoms with van der Waals surface area (Å²) in [6, 6.07) is 13.2. The Morgan fingerprint density at radius 2 is 2.04 bits per heavy atom. The van der Waals surface area contributed by atoms with Crippen LogP contribution in [0.25, 0.3) is 11.3 Å². The number of nitrogens with one attached hydrogen (secondary N) is 2. The van der Waals surface area contributed by atoms with Gasteiger partial charge >= 0.3 is 0 Å². The van der Waals surface area contributed by atoms with Gasteiger partial charge in [0.15, 0.2) is 0 Å². The van der Waals surface area contributed by atoms with E-state index >= 15 is 0 Å². The fraction of sp³-hybridized carbons (Fsp3) is 0.111. The Morgan fingerprint density at radius 3 is 2.79 bits per heavy atom. The molecule has 0 radical (unpaired) electrons. The van der Waals surface area contributed by atoms with E-state index in [0.717, 1.165) is 5.56 Å². The quantitative estimate of drug-likeness (QED) is 0.739. The van der Waals surface area contributed by atoms with E-state index in [1.54, 1.807) is 30.3 Å². The molecule has 24 heavy (non-hydrogen) atoms. The van der Waals surface area contributed by atoms with Gasteiger partial charge in [-0.05, 0) is 36.8 Å². The lowest BCUT2D eigenvalue weighted by molar-refractivity contribution is 0.0940. The standard InChI is InChI=1S/C18H15ClFN3O/c1-11(12-5-4-6-13(19)9-12)22-18(24)15-10-21-23-17(15)14-7-2-3-8-16(14)20/h2-11H,1H3,(H,21,23)(H,22,24). The molecule has 3 aromatic rings. The lowest BCUT2D eigenvalue weighted by Crippen LogP contribution is -2.26. The molecule has 2 aromatic carbocycles. The van der Waals surface area contributed by atoms with Gasteiger partial charge < -0.3 is 5.32 Å². The fourth-order valence-electron chi connectivity index (χ4n) is 2.46. The summed E-state index contributed by atoms with van der Waals surface area (Å²) < 4.78 is 14.0. The number of aromatic nitrogens is 2. The molecular weight excluding hydrogens is 329 g/mol. The molecule has 2 N–H and O–H groups in total. The van der Waals surface area contributed by atoms with Crippen molar-refractivity contribution in [1.29, 1.82) is 0 Å². The van der Waals surface area contributed by atoms with Crippen LogP contribution >= 0.6 is 11.6 Å². The molecule has 0 aliphatic rings. The zero-order valence-electron chi connectivity index (χ0n) is 12.9. The first-order chi connectivity index (χ1) is 11.6. The maximum Gasteiger partial charge on any atom is 0.255 e. The highest BCUT2D eigenvalue weighted by atomic mass is 35.5. The molecule has 0 bridgehead atoms. The van der Waals surface area contributed by atoms with E-state index in [9.17, 15) is 9.18 Å². The number of hydrogen-bond acceptors (Lipinski definition) is 2. The summed E-state index contributed by atoms with van der Waals surface area (Å²) in [5.74, 6) is -0.756. The summed E-state index contributed by atoms with van der Waals surface area (Å²) in [6.45, 7) is 1.85. The van der Waals surface area contributed by atoms with Crippen LogP contribution in [0, 0.1) is 5.82 Å². The third kappa shape index (κ3) is 3.31. The van der Waals surface area contributed by atoms with Crippen LogP contribution in [-0.2, 0) is 0 Å². The van der Waals surface area contributed by atoms with Crippen molar-refractivity contribution >= 4 is 17.5 Å². The largest absolute Gasteiger partial charge is 0.345 e. The van der Waals surface area contributed by atoms with Crippen LogP contribution in [-0.4, -0.2) is 16.1 Å². The Morgan fingerprint density at radius 1 is 1.25 bits per heavy atom. The number of rotatable bonds is 4. The first kappa shape index (κ1) is 16.2. The monoisotopic (exact) mass is 343 g/mol. The smallest absolute Gasteiger partial charge is 0.255 e. The molecule has 0 spiro atoms. The minimum Gasteiger partial charge on any atom is -0.345 e. The Balaban J connectivity index is 1.84. The van der Waals surface area contributed by atoms with Crippen LogP contribution in [0.3, 0.4) is 0 Å². The van der Waals surface area contributed by atoms with Crippen molar-refractivity contribution in [3.8, 4) is 11.3 Å². The zero-order chi connectivity index (χ0) is 17.1. The van der Waals surface area contributed by atoms with Crippen molar-refractivity contribution in [2.24, 2.45) is 0 Å². The second kappa shape index (κ2) is 6.84. The van der Waals surface area contributed by atoms with Gasteiger partial charge in [0, 0.05) is 10.6 Å². The van der Waals surface area contributed by atoms with Gasteiger partial charge in [-0.1, -0.05) is 35.9 Å². The maximum atomic E-state index is 14.0. The molecule has 1 aromatic heterocycles. The van der Waals surface area contributed by atoms with E-state index < -0.39 is 5.82 Å². The normalized spacial score (nSPS) is 12.0.